The summed E-state index contributed by atoms with van der Waals surface area (Å²) in [5, 5.41) is 2.17. The summed E-state index contributed by atoms with van der Waals surface area (Å²) < 4.78 is 21.5. The average molecular weight is 235 g/mol. The number of ether oxygens (including phenoxy) is 2. The first-order valence-corrected chi connectivity index (χ1v) is 4.95. The van der Waals surface area contributed by atoms with Gasteiger partial charge in [0.25, 0.3) is 0 Å². The fourth-order valence-corrected chi connectivity index (χ4v) is 0.628. The van der Waals surface area contributed by atoms with Crippen molar-refractivity contribution in [2.24, 2.45) is 5.41 Å². The molecule has 0 spiro atoms. The summed E-state index contributed by atoms with van der Waals surface area (Å²) in [6.07, 6.45) is -1.96. The minimum Gasteiger partial charge on any atom is -0.427 e. The van der Waals surface area contributed by atoms with Gasteiger partial charge in [-0.2, -0.15) is 0 Å². The fraction of sp³-hybridized carbons (Fsp3) is 0.800. The van der Waals surface area contributed by atoms with Crippen LogP contribution in [0.4, 0.5) is 9.18 Å². The van der Waals surface area contributed by atoms with Crippen LogP contribution in [0.15, 0.2) is 0 Å². The number of alkyl halides is 1. The maximum absolute atomic E-state index is 12.3. The monoisotopic (exact) mass is 235 g/mol. The van der Waals surface area contributed by atoms with Gasteiger partial charge in [0.15, 0.2) is 0 Å². The normalized spacial score (nSPS) is 12.8. The zero-order chi connectivity index (χ0) is 12.8. The third-order valence-electron chi connectivity index (χ3n) is 1.52. The third kappa shape index (κ3) is 7.03. The second-order valence-corrected chi connectivity index (χ2v) is 4.39. The highest BCUT2D eigenvalue weighted by Crippen LogP contribution is 2.14. The molecular formula is C10H18FNO4. The Bertz CT molecular complexity index is 248. The summed E-state index contributed by atoms with van der Waals surface area (Å²) in [4.78, 5) is 22.1. The van der Waals surface area contributed by atoms with Gasteiger partial charge in [-0.1, -0.05) is 0 Å². The van der Waals surface area contributed by atoms with Crippen LogP contribution in [-0.2, 0) is 14.3 Å². The average Bonchev–Trinajstić information content (AvgIpc) is 2.13. The highest BCUT2D eigenvalue weighted by atomic mass is 19.1. The second-order valence-electron chi connectivity index (χ2n) is 4.39. The van der Waals surface area contributed by atoms with Crippen LogP contribution in [-0.4, -0.2) is 31.6 Å². The van der Waals surface area contributed by atoms with Crippen LogP contribution in [0.5, 0.6) is 0 Å². The van der Waals surface area contributed by atoms with E-state index >= 15 is 0 Å². The smallest absolute Gasteiger partial charge is 0.410 e. The first-order chi connectivity index (χ1) is 7.23. The number of hydrogen-bond donors (Lipinski definition) is 1. The third-order valence-corrected chi connectivity index (χ3v) is 1.52. The lowest BCUT2D eigenvalue weighted by atomic mass is 9.98. The summed E-state index contributed by atoms with van der Waals surface area (Å²) in [6, 6.07) is 0. The summed E-state index contributed by atoms with van der Waals surface area (Å²) in [5.74, 6) is -0.473. The zero-order valence-corrected chi connectivity index (χ0v) is 10.0. The van der Waals surface area contributed by atoms with Crippen molar-refractivity contribution in [2.75, 3.05) is 13.3 Å². The Balaban J connectivity index is 3.67. The number of amides is 1. The number of alkyl carbamates (subject to hydrolysis) is 1. The van der Waals surface area contributed by atoms with E-state index in [1.165, 1.54) is 6.92 Å². The molecule has 0 saturated heterocycles. The quantitative estimate of drug-likeness (QED) is 0.594. The molecule has 0 heterocycles. The molecule has 0 aromatic carbocycles. The molecule has 0 bridgehead atoms. The lowest BCUT2D eigenvalue weighted by Gasteiger charge is -2.16. The summed E-state index contributed by atoms with van der Waals surface area (Å²) in [5.41, 5.74) is -0.646. The Kier molecular flexibility index (Phi) is 5.77. The molecular weight excluding hydrogens is 217 g/mol. The largest absolute Gasteiger partial charge is 0.427 e. The van der Waals surface area contributed by atoms with Gasteiger partial charge in [-0.3, -0.25) is 4.79 Å². The van der Waals surface area contributed by atoms with E-state index in [-0.39, 0.29) is 6.54 Å². The van der Waals surface area contributed by atoms with Gasteiger partial charge in [-0.25, -0.2) is 9.18 Å². The molecule has 5 nitrogen and oxygen atoms in total. The molecule has 1 amide bonds. The molecule has 0 aliphatic heterocycles. The Morgan fingerprint density at radius 2 is 1.88 bits per heavy atom. The predicted molar refractivity (Wildman–Crippen MR) is 55.5 cm³/mol. The van der Waals surface area contributed by atoms with E-state index in [0.29, 0.717) is 0 Å². The van der Waals surface area contributed by atoms with Crippen molar-refractivity contribution < 1.29 is 23.5 Å². The Hall–Kier alpha value is -1.33. The zero-order valence-electron chi connectivity index (χ0n) is 10.0. The van der Waals surface area contributed by atoms with Crippen LogP contribution < -0.4 is 5.32 Å². The van der Waals surface area contributed by atoms with Gasteiger partial charge >= 0.3 is 12.1 Å². The molecule has 0 fully saturated rings. The van der Waals surface area contributed by atoms with E-state index in [1.807, 2.05) is 0 Å². The van der Waals surface area contributed by atoms with E-state index < -0.39 is 30.4 Å². The SMILES string of the molecule is C[C@H](F)CNC(=O)OCOC(=O)C(C)(C)C. The molecule has 0 aliphatic carbocycles. The molecule has 0 rings (SSSR count). The van der Waals surface area contributed by atoms with Crippen LogP contribution in [0.1, 0.15) is 27.7 Å². The van der Waals surface area contributed by atoms with Crippen LogP contribution in [0, 0.1) is 5.41 Å². The number of carbonyl (C=O) groups excluding carboxylic acids is 2. The first kappa shape index (κ1) is 14.7. The lowest BCUT2D eigenvalue weighted by molar-refractivity contribution is -0.161. The number of nitrogens with one attached hydrogen (secondary N) is 1. The highest BCUT2D eigenvalue weighted by molar-refractivity contribution is 5.75. The second kappa shape index (κ2) is 6.30. The van der Waals surface area contributed by atoms with E-state index in [9.17, 15) is 14.0 Å². The molecule has 0 unspecified atom stereocenters. The van der Waals surface area contributed by atoms with Crippen molar-refractivity contribution in [1.29, 1.82) is 0 Å². The van der Waals surface area contributed by atoms with E-state index in [4.69, 9.17) is 0 Å². The van der Waals surface area contributed by atoms with Crippen LogP contribution in [0.25, 0.3) is 0 Å². The number of carbonyl (C=O) groups is 2. The van der Waals surface area contributed by atoms with Crippen molar-refractivity contribution in [3.63, 3.8) is 0 Å². The van der Waals surface area contributed by atoms with Crippen molar-refractivity contribution in [3.8, 4) is 0 Å². The molecule has 1 atom stereocenters. The standard InChI is InChI=1S/C10H18FNO4/c1-7(11)5-12-9(14)16-6-15-8(13)10(2,3)4/h7H,5-6H2,1-4H3,(H,12,14)/t7-/m0/s1. The molecule has 0 aromatic rings. The van der Waals surface area contributed by atoms with Crippen LogP contribution >= 0.6 is 0 Å². The lowest BCUT2D eigenvalue weighted by Crippen LogP contribution is -2.31. The summed E-state index contributed by atoms with van der Waals surface area (Å²) in [7, 11) is 0. The van der Waals surface area contributed by atoms with Crippen molar-refractivity contribution in [1.82, 2.24) is 5.32 Å². The highest BCUT2D eigenvalue weighted by Gasteiger charge is 2.23. The number of esters is 1. The van der Waals surface area contributed by atoms with Gasteiger partial charge < -0.3 is 14.8 Å². The van der Waals surface area contributed by atoms with Gasteiger partial charge in [0, 0.05) is 0 Å². The Labute approximate surface area is 94.3 Å². The van der Waals surface area contributed by atoms with E-state index in [2.05, 4.69) is 14.8 Å². The number of hydrogen-bond acceptors (Lipinski definition) is 4. The van der Waals surface area contributed by atoms with E-state index in [0.717, 1.165) is 0 Å². The Morgan fingerprint density at radius 3 is 2.31 bits per heavy atom. The number of rotatable bonds is 4. The topological polar surface area (TPSA) is 64.6 Å². The molecule has 0 saturated carbocycles. The van der Waals surface area contributed by atoms with E-state index in [1.54, 1.807) is 20.8 Å². The molecule has 6 heteroatoms. The maximum Gasteiger partial charge on any atom is 0.410 e. The van der Waals surface area contributed by atoms with Crippen LogP contribution in [0.2, 0.25) is 0 Å². The molecule has 0 aromatic heterocycles. The summed E-state index contributed by atoms with van der Waals surface area (Å²) in [6.45, 7) is 5.75. The fourth-order valence-electron chi connectivity index (χ4n) is 0.628. The van der Waals surface area contributed by atoms with Gasteiger partial charge in [0.1, 0.15) is 6.17 Å². The van der Waals surface area contributed by atoms with Crippen molar-refractivity contribution in [3.05, 3.63) is 0 Å². The van der Waals surface area contributed by atoms with Gasteiger partial charge in [0.2, 0.25) is 6.79 Å². The predicted octanol–water partition coefficient (Wildman–Crippen LogP) is 1.62. The van der Waals surface area contributed by atoms with Crippen LogP contribution in [0.3, 0.4) is 0 Å². The number of halogens is 1. The Morgan fingerprint density at radius 1 is 1.31 bits per heavy atom. The minimum atomic E-state index is -1.15. The summed E-state index contributed by atoms with van der Waals surface area (Å²) >= 11 is 0. The van der Waals surface area contributed by atoms with Crippen molar-refractivity contribution >= 4 is 12.1 Å². The molecule has 16 heavy (non-hydrogen) atoms. The molecule has 94 valence electrons. The van der Waals surface area contributed by atoms with Gasteiger partial charge in [-0.05, 0) is 27.7 Å². The van der Waals surface area contributed by atoms with Crippen molar-refractivity contribution in [2.45, 2.75) is 33.9 Å². The molecule has 0 aliphatic rings. The van der Waals surface area contributed by atoms with Gasteiger partial charge in [-0.15, -0.1) is 0 Å². The van der Waals surface area contributed by atoms with Gasteiger partial charge in [0.05, 0.1) is 12.0 Å². The minimum absolute atomic E-state index is 0.133. The molecule has 1 N–H and O–H groups in total. The first-order valence-electron chi connectivity index (χ1n) is 4.95. The molecule has 0 radical (unpaired) electrons. The maximum atomic E-state index is 12.3.